The van der Waals surface area contributed by atoms with Crippen LogP contribution in [0.1, 0.15) is 70.6 Å². The first-order valence-corrected chi connectivity index (χ1v) is 10.2. The average molecular weight is 264 g/mol. The Hall–Kier alpha value is -0.0831. The van der Waals surface area contributed by atoms with Crippen LogP contribution in [0.4, 0.5) is 0 Å². The van der Waals surface area contributed by atoms with E-state index in [1.807, 2.05) is 5.20 Å². The van der Waals surface area contributed by atoms with Crippen molar-refractivity contribution in [2.24, 2.45) is 0 Å². The van der Waals surface area contributed by atoms with Crippen molar-refractivity contribution in [1.29, 1.82) is 0 Å². The molecule has 2 fully saturated rings. The summed E-state index contributed by atoms with van der Waals surface area (Å²) in [4.78, 5) is 0. The first-order valence-electron chi connectivity index (χ1n) is 8.12. The highest BCUT2D eigenvalue weighted by Crippen LogP contribution is 2.54. The SMILES string of the molecule is CO[Si](C1=CCCC1)(C1CCCC1)C1CCCC1. The van der Waals surface area contributed by atoms with Gasteiger partial charge in [-0.25, -0.2) is 0 Å². The van der Waals surface area contributed by atoms with E-state index in [2.05, 4.69) is 13.2 Å². The first kappa shape index (κ1) is 12.9. The van der Waals surface area contributed by atoms with Crippen LogP contribution in [-0.2, 0) is 4.43 Å². The van der Waals surface area contributed by atoms with Crippen molar-refractivity contribution in [2.45, 2.75) is 81.7 Å². The van der Waals surface area contributed by atoms with Crippen LogP contribution >= 0.6 is 0 Å². The molecule has 0 atom stereocenters. The maximum absolute atomic E-state index is 6.46. The van der Waals surface area contributed by atoms with Crippen LogP contribution in [0.2, 0.25) is 11.1 Å². The fourth-order valence-electron chi connectivity index (χ4n) is 5.06. The number of hydrogen-bond donors (Lipinski definition) is 0. The molecule has 0 aliphatic heterocycles. The Kier molecular flexibility index (Phi) is 3.95. The first-order chi connectivity index (χ1) is 8.88. The Bertz CT molecular complexity index is 295. The van der Waals surface area contributed by atoms with Crippen molar-refractivity contribution in [3.05, 3.63) is 11.3 Å². The van der Waals surface area contributed by atoms with E-state index in [-0.39, 0.29) is 0 Å². The van der Waals surface area contributed by atoms with Gasteiger partial charge in [0.1, 0.15) is 0 Å². The largest absolute Gasteiger partial charge is 0.415 e. The predicted molar refractivity (Wildman–Crippen MR) is 79.1 cm³/mol. The molecule has 2 heteroatoms. The van der Waals surface area contributed by atoms with Crippen molar-refractivity contribution in [2.75, 3.05) is 7.11 Å². The van der Waals surface area contributed by atoms with E-state index in [1.54, 1.807) is 0 Å². The molecule has 18 heavy (non-hydrogen) atoms. The van der Waals surface area contributed by atoms with Gasteiger partial charge < -0.3 is 4.43 Å². The Morgan fingerprint density at radius 2 is 1.50 bits per heavy atom. The monoisotopic (exact) mass is 264 g/mol. The topological polar surface area (TPSA) is 9.23 Å². The fourth-order valence-corrected chi connectivity index (χ4v) is 11.3. The van der Waals surface area contributed by atoms with Gasteiger partial charge in [-0.1, -0.05) is 62.6 Å². The maximum atomic E-state index is 6.46. The van der Waals surface area contributed by atoms with E-state index in [0.29, 0.717) is 0 Å². The van der Waals surface area contributed by atoms with Crippen LogP contribution < -0.4 is 0 Å². The number of rotatable bonds is 4. The third kappa shape index (κ3) is 2.02. The molecule has 0 saturated heterocycles. The van der Waals surface area contributed by atoms with Crippen LogP contribution in [0.3, 0.4) is 0 Å². The van der Waals surface area contributed by atoms with Crippen molar-refractivity contribution >= 4 is 8.32 Å². The van der Waals surface area contributed by atoms with Crippen LogP contribution in [0.15, 0.2) is 11.3 Å². The maximum Gasteiger partial charge on any atom is 0.225 e. The lowest BCUT2D eigenvalue weighted by Crippen LogP contribution is -2.48. The summed E-state index contributed by atoms with van der Waals surface area (Å²) in [5.74, 6) is 0. The van der Waals surface area contributed by atoms with Gasteiger partial charge in [-0.15, -0.1) is 0 Å². The molecule has 3 aliphatic carbocycles. The molecule has 0 spiro atoms. The molecular weight excluding hydrogens is 236 g/mol. The summed E-state index contributed by atoms with van der Waals surface area (Å²) in [7, 11) is 0.448. The minimum atomic E-state index is -1.61. The zero-order valence-corrected chi connectivity index (χ0v) is 12.9. The quantitative estimate of drug-likeness (QED) is 0.641. The Balaban J connectivity index is 1.92. The summed E-state index contributed by atoms with van der Waals surface area (Å²) in [5.41, 5.74) is 1.91. The van der Waals surface area contributed by atoms with Crippen LogP contribution in [0.5, 0.6) is 0 Å². The van der Waals surface area contributed by atoms with Crippen LogP contribution in [0.25, 0.3) is 0 Å². The Labute approximate surface area is 113 Å². The summed E-state index contributed by atoms with van der Waals surface area (Å²) in [6, 6.07) is 0. The van der Waals surface area contributed by atoms with Crippen molar-refractivity contribution < 1.29 is 4.43 Å². The zero-order chi connectivity index (χ0) is 12.4. The Morgan fingerprint density at radius 3 is 1.89 bits per heavy atom. The van der Waals surface area contributed by atoms with Gasteiger partial charge in [-0.3, -0.25) is 0 Å². The summed E-state index contributed by atoms with van der Waals surface area (Å²) in [6.07, 6.45) is 18.4. The minimum absolute atomic E-state index is 0.954. The highest BCUT2D eigenvalue weighted by atomic mass is 28.4. The van der Waals surface area contributed by atoms with E-state index >= 15 is 0 Å². The molecule has 102 valence electrons. The molecule has 0 aromatic heterocycles. The van der Waals surface area contributed by atoms with E-state index in [1.165, 1.54) is 70.6 Å². The second-order valence-electron chi connectivity index (χ2n) is 6.58. The molecule has 0 aromatic carbocycles. The molecule has 0 heterocycles. The lowest BCUT2D eigenvalue weighted by molar-refractivity contribution is 0.367. The van der Waals surface area contributed by atoms with Crippen molar-refractivity contribution in [3.63, 3.8) is 0 Å². The molecule has 0 unspecified atom stereocenters. The number of hydrogen-bond acceptors (Lipinski definition) is 1. The zero-order valence-electron chi connectivity index (χ0n) is 11.9. The molecule has 0 N–H and O–H groups in total. The smallest absolute Gasteiger partial charge is 0.225 e. The van der Waals surface area contributed by atoms with E-state index in [9.17, 15) is 0 Å². The summed E-state index contributed by atoms with van der Waals surface area (Å²) in [5, 5.41) is 1.82. The number of allylic oxidation sites excluding steroid dienone is 2. The third-order valence-electron chi connectivity index (χ3n) is 5.80. The fraction of sp³-hybridized carbons (Fsp3) is 0.875. The molecule has 0 amide bonds. The summed E-state index contributed by atoms with van der Waals surface area (Å²) >= 11 is 0. The van der Waals surface area contributed by atoms with E-state index in [0.717, 1.165) is 11.1 Å². The van der Waals surface area contributed by atoms with Gasteiger partial charge in [-0.2, -0.15) is 0 Å². The molecule has 1 nitrogen and oxygen atoms in total. The van der Waals surface area contributed by atoms with Gasteiger partial charge in [-0.05, 0) is 30.3 Å². The lowest BCUT2D eigenvalue weighted by atomic mass is 10.3. The Morgan fingerprint density at radius 1 is 0.944 bits per heavy atom. The van der Waals surface area contributed by atoms with Gasteiger partial charge in [0.05, 0.1) is 0 Å². The molecule has 3 rings (SSSR count). The van der Waals surface area contributed by atoms with Gasteiger partial charge in [0, 0.05) is 7.11 Å². The molecule has 3 aliphatic rings. The highest BCUT2D eigenvalue weighted by molar-refractivity contribution is 6.83. The second-order valence-corrected chi connectivity index (χ2v) is 10.9. The van der Waals surface area contributed by atoms with Crippen molar-refractivity contribution in [1.82, 2.24) is 0 Å². The van der Waals surface area contributed by atoms with Crippen molar-refractivity contribution in [3.8, 4) is 0 Å². The van der Waals surface area contributed by atoms with Gasteiger partial charge in [0.25, 0.3) is 0 Å². The lowest BCUT2D eigenvalue weighted by Gasteiger charge is -2.41. The van der Waals surface area contributed by atoms with Gasteiger partial charge in [0.2, 0.25) is 8.32 Å². The average Bonchev–Trinajstić information content (AvgIpc) is 3.16. The molecule has 0 aromatic rings. The minimum Gasteiger partial charge on any atom is -0.415 e. The molecule has 0 radical (unpaired) electrons. The van der Waals surface area contributed by atoms with Crippen LogP contribution in [0, 0.1) is 0 Å². The normalized spacial score (nSPS) is 27.1. The molecule has 2 saturated carbocycles. The molecule has 0 bridgehead atoms. The highest BCUT2D eigenvalue weighted by Gasteiger charge is 2.52. The standard InChI is InChI=1S/C16H28OSi/c1-17-18(14-8-2-3-9-14,15-10-4-5-11-15)16-12-6-7-13-16/h8,15-16H,2-7,9-13H2,1H3. The van der Waals surface area contributed by atoms with Crippen LogP contribution in [-0.4, -0.2) is 15.4 Å². The predicted octanol–water partition coefficient (Wildman–Crippen LogP) is 5.12. The second kappa shape index (κ2) is 5.50. The van der Waals surface area contributed by atoms with Gasteiger partial charge in [0.15, 0.2) is 0 Å². The van der Waals surface area contributed by atoms with E-state index in [4.69, 9.17) is 4.43 Å². The van der Waals surface area contributed by atoms with Gasteiger partial charge >= 0.3 is 0 Å². The summed E-state index contributed by atoms with van der Waals surface area (Å²) in [6.45, 7) is 0. The summed E-state index contributed by atoms with van der Waals surface area (Å²) < 4.78 is 6.46. The third-order valence-corrected chi connectivity index (χ3v) is 11.5. The van der Waals surface area contributed by atoms with E-state index < -0.39 is 8.32 Å². The molecular formula is C16H28OSi.